The molecule has 0 aromatic rings. The maximum atomic E-state index is 12.4. The molecule has 0 fully saturated rings. The molecule has 0 radical (unpaired) electrons. The number of allylic oxidation sites excluding steroid dienone is 10. The van der Waals surface area contributed by atoms with Crippen molar-refractivity contribution in [3.63, 3.8) is 0 Å². The second kappa shape index (κ2) is 43.7. The van der Waals surface area contributed by atoms with E-state index >= 15 is 0 Å². The third-order valence-electron chi connectivity index (χ3n) is 9.71. The van der Waals surface area contributed by atoms with E-state index in [1.807, 2.05) is 0 Å². The lowest BCUT2D eigenvalue weighted by Crippen LogP contribution is -2.28. The van der Waals surface area contributed by atoms with Crippen molar-refractivity contribution in [2.45, 2.75) is 206 Å². The standard InChI is InChI=1S/C48H85O10P/c1-3-5-7-9-11-13-15-17-18-19-20-21-22-23-24-25-26-28-30-32-34-36-38-40-48(52)58-46(42-50)44-56-59(53,54)55-43-45(41-49)57-47(51)39-37-35-33-31-29-27-16-14-12-10-8-6-4-2/h5,7,11,13-14,16-18,20-21,45-46,49-50H,3-4,6,8-10,12,15,19,22-44H2,1-2H3,(H,53,54)/b7-5-,13-11-,16-14-,18-17-,21-20-. The predicted octanol–water partition coefficient (Wildman–Crippen LogP) is 12.7. The highest BCUT2D eigenvalue weighted by atomic mass is 31.2. The minimum Gasteiger partial charge on any atom is -0.457 e. The number of carbonyl (C=O) groups excluding carboxylic acids is 2. The number of esters is 2. The fourth-order valence-electron chi connectivity index (χ4n) is 6.16. The molecule has 59 heavy (non-hydrogen) atoms. The molecule has 0 saturated heterocycles. The summed E-state index contributed by atoms with van der Waals surface area (Å²) in [5, 5.41) is 19.2. The first-order chi connectivity index (χ1) is 28.8. The summed E-state index contributed by atoms with van der Waals surface area (Å²) in [5.41, 5.74) is 0. The quantitative estimate of drug-likeness (QED) is 0.0234. The summed E-state index contributed by atoms with van der Waals surface area (Å²) in [6.45, 7) is 2.07. The molecule has 0 aromatic carbocycles. The van der Waals surface area contributed by atoms with Gasteiger partial charge in [-0.3, -0.25) is 18.6 Å². The van der Waals surface area contributed by atoms with E-state index in [-0.39, 0.29) is 12.8 Å². The van der Waals surface area contributed by atoms with E-state index in [4.69, 9.17) is 18.5 Å². The Kier molecular flexibility index (Phi) is 42.0. The van der Waals surface area contributed by atoms with Crippen molar-refractivity contribution in [1.29, 1.82) is 0 Å². The molecule has 10 nitrogen and oxygen atoms in total. The van der Waals surface area contributed by atoms with E-state index in [2.05, 4.69) is 74.6 Å². The third-order valence-corrected chi connectivity index (χ3v) is 10.7. The van der Waals surface area contributed by atoms with Crippen LogP contribution in [0.2, 0.25) is 0 Å². The first-order valence-corrected chi connectivity index (χ1v) is 24.7. The highest BCUT2D eigenvalue weighted by Gasteiger charge is 2.27. The molecular formula is C48H85O10P. The first-order valence-electron chi connectivity index (χ1n) is 23.2. The number of hydrogen-bond acceptors (Lipinski definition) is 9. The second-order valence-corrected chi connectivity index (χ2v) is 16.8. The molecule has 0 aliphatic rings. The minimum absolute atomic E-state index is 0.181. The number of phosphoric acid groups is 1. The molecule has 3 atom stereocenters. The van der Waals surface area contributed by atoms with Gasteiger partial charge in [-0.1, -0.05) is 164 Å². The van der Waals surface area contributed by atoms with Gasteiger partial charge in [0.25, 0.3) is 0 Å². The Morgan fingerprint density at radius 1 is 0.475 bits per heavy atom. The summed E-state index contributed by atoms with van der Waals surface area (Å²) in [6.07, 6.45) is 49.1. The van der Waals surface area contributed by atoms with Gasteiger partial charge in [0, 0.05) is 12.8 Å². The molecule has 0 aliphatic carbocycles. The minimum atomic E-state index is -4.64. The van der Waals surface area contributed by atoms with E-state index in [0.29, 0.717) is 12.8 Å². The number of phosphoric ester groups is 1. The van der Waals surface area contributed by atoms with Gasteiger partial charge in [-0.2, -0.15) is 0 Å². The summed E-state index contributed by atoms with van der Waals surface area (Å²) >= 11 is 0. The third kappa shape index (κ3) is 42.2. The molecule has 0 heterocycles. The summed E-state index contributed by atoms with van der Waals surface area (Å²) < 4.78 is 32.6. The SMILES string of the molecule is CC/C=C\C/C=C\C/C=C\C/C=C\CCCCCCCCCCCCC(=O)OC(CO)COP(=O)(O)OCC(CO)OC(=O)CCCCCCC/C=C\CCCCCC. The van der Waals surface area contributed by atoms with E-state index in [1.165, 1.54) is 64.2 Å². The number of aliphatic hydroxyl groups is 2. The summed E-state index contributed by atoms with van der Waals surface area (Å²) in [5.74, 6) is -1.03. The Bertz CT molecular complexity index is 1160. The Morgan fingerprint density at radius 3 is 1.17 bits per heavy atom. The van der Waals surface area contributed by atoms with Crippen molar-refractivity contribution in [2.75, 3.05) is 26.4 Å². The van der Waals surface area contributed by atoms with Gasteiger partial charge in [-0.15, -0.1) is 0 Å². The van der Waals surface area contributed by atoms with E-state index < -0.39 is 58.4 Å². The van der Waals surface area contributed by atoms with Gasteiger partial charge in [-0.25, -0.2) is 4.57 Å². The van der Waals surface area contributed by atoms with Crippen molar-refractivity contribution in [2.24, 2.45) is 0 Å². The normalized spacial score (nSPS) is 14.3. The molecule has 0 aliphatic heterocycles. The summed E-state index contributed by atoms with van der Waals surface area (Å²) in [7, 11) is -4.64. The van der Waals surface area contributed by atoms with Gasteiger partial charge >= 0.3 is 19.8 Å². The fraction of sp³-hybridized carbons (Fsp3) is 0.750. The van der Waals surface area contributed by atoms with Crippen LogP contribution < -0.4 is 0 Å². The van der Waals surface area contributed by atoms with Gasteiger partial charge in [0.05, 0.1) is 26.4 Å². The molecule has 3 unspecified atom stereocenters. The van der Waals surface area contributed by atoms with Crippen LogP contribution in [-0.2, 0) is 32.7 Å². The molecule has 0 amide bonds. The zero-order chi connectivity index (χ0) is 43.3. The van der Waals surface area contributed by atoms with Crippen LogP contribution in [0.15, 0.2) is 60.8 Å². The van der Waals surface area contributed by atoms with Crippen LogP contribution in [0.3, 0.4) is 0 Å². The Labute approximate surface area is 359 Å². The van der Waals surface area contributed by atoms with Crippen molar-refractivity contribution in [3.05, 3.63) is 60.8 Å². The zero-order valence-electron chi connectivity index (χ0n) is 37.2. The maximum Gasteiger partial charge on any atom is 0.472 e. The van der Waals surface area contributed by atoms with Crippen LogP contribution in [0.25, 0.3) is 0 Å². The number of rotatable bonds is 43. The van der Waals surface area contributed by atoms with E-state index in [1.54, 1.807) is 0 Å². The number of carbonyl (C=O) groups is 2. The first kappa shape index (κ1) is 56.7. The van der Waals surface area contributed by atoms with Crippen molar-refractivity contribution < 1.29 is 47.8 Å². The summed E-state index contributed by atoms with van der Waals surface area (Å²) in [6, 6.07) is 0. The average molecular weight is 853 g/mol. The zero-order valence-corrected chi connectivity index (χ0v) is 38.1. The van der Waals surface area contributed by atoms with Crippen molar-refractivity contribution in [3.8, 4) is 0 Å². The molecular weight excluding hydrogens is 767 g/mol. The highest BCUT2D eigenvalue weighted by Crippen LogP contribution is 2.43. The Hall–Kier alpha value is -2.33. The van der Waals surface area contributed by atoms with Crippen molar-refractivity contribution in [1.82, 2.24) is 0 Å². The molecule has 0 saturated carbocycles. The maximum absolute atomic E-state index is 12.4. The topological polar surface area (TPSA) is 149 Å². The van der Waals surface area contributed by atoms with Gasteiger partial charge in [0.2, 0.25) is 0 Å². The predicted molar refractivity (Wildman–Crippen MR) is 242 cm³/mol. The summed E-state index contributed by atoms with van der Waals surface area (Å²) in [4.78, 5) is 34.6. The number of ether oxygens (including phenoxy) is 2. The average Bonchev–Trinajstić information content (AvgIpc) is 3.22. The lowest BCUT2D eigenvalue weighted by molar-refractivity contribution is -0.153. The Balaban J connectivity index is 3.88. The lowest BCUT2D eigenvalue weighted by atomic mass is 10.0. The van der Waals surface area contributed by atoms with Gasteiger partial charge < -0.3 is 24.6 Å². The van der Waals surface area contributed by atoms with Crippen LogP contribution in [0.4, 0.5) is 0 Å². The van der Waals surface area contributed by atoms with Crippen LogP contribution in [0.5, 0.6) is 0 Å². The second-order valence-electron chi connectivity index (χ2n) is 15.4. The molecule has 0 bridgehead atoms. The molecule has 342 valence electrons. The van der Waals surface area contributed by atoms with E-state index in [0.717, 1.165) is 89.9 Å². The lowest BCUT2D eigenvalue weighted by Gasteiger charge is -2.20. The number of hydrogen-bond donors (Lipinski definition) is 3. The molecule has 0 spiro atoms. The molecule has 3 N–H and O–H groups in total. The van der Waals surface area contributed by atoms with Crippen LogP contribution in [0.1, 0.15) is 194 Å². The van der Waals surface area contributed by atoms with Crippen LogP contribution >= 0.6 is 7.82 Å². The highest BCUT2D eigenvalue weighted by molar-refractivity contribution is 7.47. The molecule has 11 heteroatoms. The van der Waals surface area contributed by atoms with Crippen LogP contribution in [0, 0.1) is 0 Å². The number of unbranched alkanes of at least 4 members (excludes halogenated alkanes) is 19. The Morgan fingerprint density at radius 2 is 0.797 bits per heavy atom. The fourth-order valence-corrected chi connectivity index (χ4v) is 6.94. The van der Waals surface area contributed by atoms with Gasteiger partial charge in [0.15, 0.2) is 0 Å². The van der Waals surface area contributed by atoms with E-state index in [9.17, 15) is 29.3 Å². The van der Waals surface area contributed by atoms with Crippen molar-refractivity contribution >= 4 is 19.8 Å². The molecule has 0 rings (SSSR count). The molecule has 0 aromatic heterocycles. The largest absolute Gasteiger partial charge is 0.472 e. The van der Waals surface area contributed by atoms with Crippen LogP contribution in [-0.4, -0.2) is 65.7 Å². The van der Waals surface area contributed by atoms with Gasteiger partial charge in [-0.05, 0) is 77.0 Å². The van der Waals surface area contributed by atoms with Gasteiger partial charge in [0.1, 0.15) is 12.2 Å². The smallest absolute Gasteiger partial charge is 0.457 e. The monoisotopic (exact) mass is 853 g/mol. The number of aliphatic hydroxyl groups excluding tert-OH is 2.